The van der Waals surface area contributed by atoms with Crippen molar-refractivity contribution in [3.63, 3.8) is 0 Å². The molecule has 6 heteroatoms. The zero-order valence-electron chi connectivity index (χ0n) is 17.9. The van der Waals surface area contributed by atoms with Crippen LogP contribution in [0.5, 0.6) is 5.75 Å². The minimum atomic E-state index is -0.354. The van der Waals surface area contributed by atoms with Gasteiger partial charge in [-0.3, -0.25) is 9.59 Å². The molecule has 0 saturated carbocycles. The van der Waals surface area contributed by atoms with Crippen molar-refractivity contribution >= 4 is 17.5 Å². The fourth-order valence-electron chi connectivity index (χ4n) is 4.43. The van der Waals surface area contributed by atoms with E-state index in [1.165, 1.54) is 0 Å². The Bertz CT molecular complexity index is 931. The number of hydrogen-bond donors (Lipinski definition) is 1. The van der Waals surface area contributed by atoms with Crippen LogP contribution in [-0.2, 0) is 4.79 Å². The molecule has 1 fully saturated rings. The number of benzene rings is 2. The maximum Gasteiger partial charge on any atom is 0.251 e. The van der Waals surface area contributed by atoms with Crippen LogP contribution in [0, 0.1) is 0 Å². The van der Waals surface area contributed by atoms with Crippen LogP contribution in [0.1, 0.15) is 48.1 Å². The summed E-state index contributed by atoms with van der Waals surface area (Å²) < 4.78 is 6.45. The van der Waals surface area contributed by atoms with Crippen molar-refractivity contribution in [1.82, 2.24) is 10.2 Å². The molecule has 0 radical (unpaired) electrons. The molecular weight excluding hydrogens is 378 g/mol. The van der Waals surface area contributed by atoms with Gasteiger partial charge < -0.3 is 19.9 Å². The lowest BCUT2D eigenvalue weighted by molar-refractivity contribution is -0.132. The van der Waals surface area contributed by atoms with Gasteiger partial charge in [0, 0.05) is 70.2 Å². The maximum absolute atomic E-state index is 13.0. The molecule has 2 amide bonds. The highest BCUT2D eigenvalue weighted by Crippen LogP contribution is 2.44. The average Bonchev–Trinajstić information content (AvgIpc) is 2.74. The molecule has 0 aromatic heterocycles. The van der Waals surface area contributed by atoms with Gasteiger partial charge in [0.2, 0.25) is 5.91 Å². The van der Waals surface area contributed by atoms with Crippen molar-refractivity contribution in [2.45, 2.75) is 37.8 Å². The van der Waals surface area contributed by atoms with Crippen LogP contribution in [0.2, 0.25) is 0 Å². The number of amides is 2. The second-order valence-corrected chi connectivity index (χ2v) is 8.50. The topological polar surface area (TPSA) is 61.9 Å². The van der Waals surface area contributed by atoms with Crippen molar-refractivity contribution in [3.05, 3.63) is 59.7 Å². The van der Waals surface area contributed by atoms with Gasteiger partial charge in [0.15, 0.2) is 0 Å². The number of carbonyl (C=O) groups excluding carboxylic acids is 2. The lowest BCUT2D eigenvalue weighted by Crippen LogP contribution is -2.53. The summed E-state index contributed by atoms with van der Waals surface area (Å²) in [5.41, 5.74) is 2.35. The van der Waals surface area contributed by atoms with Gasteiger partial charge in [0.05, 0.1) is 6.04 Å². The number of rotatable bonds is 3. The minimum absolute atomic E-state index is 0.0849. The largest absolute Gasteiger partial charge is 0.487 e. The number of likely N-dealkylation sites (tertiary alicyclic amines) is 1. The molecular formula is C24H29N3O3. The Labute approximate surface area is 177 Å². The van der Waals surface area contributed by atoms with Gasteiger partial charge in [-0.2, -0.15) is 0 Å². The van der Waals surface area contributed by atoms with Gasteiger partial charge in [-0.1, -0.05) is 18.2 Å². The molecule has 4 rings (SSSR count). The van der Waals surface area contributed by atoms with E-state index >= 15 is 0 Å². The van der Waals surface area contributed by atoms with E-state index in [0.29, 0.717) is 25.1 Å². The number of piperidine rings is 1. The number of carbonyl (C=O) groups is 2. The Morgan fingerprint density at radius 1 is 1.07 bits per heavy atom. The monoisotopic (exact) mass is 407 g/mol. The molecule has 6 nitrogen and oxygen atoms in total. The first-order valence-electron chi connectivity index (χ1n) is 10.5. The van der Waals surface area contributed by atoms with E-state index in [2.05, 4.69) is 5.32 Å². The number of nitrogens with one attached hydrogen (secondary N) is 1. The quantitative estimate of drug-likeness (QED) is 0.847. The van der Waals surface area contributed by atoms with E-state index in [9.17, 15) is 9.59 Å². The van der Waals surface area contributed by atoms with Crippen molar-refractivity contribution in [1.29, 1.82) is 0 Å². The van der Waals surface area contributed by atoms with Crippen LogP contribution in [0.4, 0.5) is 5.69 Å². The lowest BCUT2D eigenvalue weighted by atomic mass is 9.80. The summed E-state index contributed by atoms with van der Waals surface area (Å²) in [5.74, 6) is 0.846. The van der Waals surface area contributed by atoms with Crippen molar-refractivity contribution in [2.24, 2.45) is 0 Å². The normalized spacial score (nSPS) is 19.6. The highest BCUT2D eigenvalue weighted by Gasteiger charge is 2.44. The van der Waals surface area contributed by atoms with Crippen molar-refractivity contribution in [2.75, 3.05) is 32.1 Å². The second-order valence-electron chi connectivity index (χ2n) is 8.50. The molecule has 2 heterocycles. The highest BCUT2D eigenvalue weighted by atomic mass is 16.5. The van der Waals surface area contributed by atoms with Crippen molar-refractivity contribution in [3.8, 4) is 5.75 Å². The predicted molar refractivity (Wildman–Crippen MR) is 117 cm³/mol. The fraction of sp³-hybridized carbons (Fsp3) is 0.417. The first-order chi connectivity index (χ1) is 14.4. The summed E-state index contributed by atoms with van der Waals surface area (Å²) in [7, 11) is 3.95. The third-order valence-corrected chi connectivity index (χ3v) is 6.27. The highest BCUT2D eigenvalue weighted by molar-refractivity contribution is 5.94. The minimum Gasteiger partial charge on any atom is -0.487 e. The molecule has 2 aromatic carbocycles. The van der Waals surface area contributed by atoms with E-state index in [4.69, 9.17) is 4.74 Å². The van der Waals surface area contributed by atoms with Gasteiger partial charge in [-0.05, 0) is 30.3 Å². The Morgan fingerprint density at radius 2 is 1.73 bits per heavy atom. The molecule has 1 atom stereocenters. The summed E-state index contributed by atoms with van der Waals surface area (Å²) in [4.78, 5) is 28.6. The first kappa shape index (κ1) is 20.3. The van der Waals surface area contributed by atoms with E-state index in [1.54, 1.807) is 6.92 Å². The molecule has 1 saturated heterocycles. The zero-order valence-corrected chi connectivity index (χ0v) is 17.9. The predicted octanol–water partition coefficient (Wildman–Crippen LogP) is 3.39. The van der Waals surface area contributed by atoms with Crippen LogP contribution < -0.4 is 15.0 Å². The number of fused-ring (bicyclic) bond motifs is 1. The lowest BCUT2D eigenvalue weighted by Gasteiger charge is -2.46. The molecule has 30 heavy (non-hydrogen) atoms. The Balaban J connectivity index is 1.54. The molecule has 2 aromatic rings. The summed E-state index contributed by atoms with van der Waals surface area (Å²) in [5, 5.41) is 3.23. The summed E-state index contributed by atoms with van der Waals surface area (Å²) >= 11 is 0. The fourth-order valence-corrected chi connectivity index (χ4v) is 4.43. The number of para-hydroxylation sites is 1. The molecule has 158 valence electrons. The van der Waals surface area contributed by atoms with E-state index in [1.807, 2.05) is 72.4 Å². The molecule has 0 bridgehead atoms. The van der Waals surface area contributed by atoms with Gasteiger partial charge in [-0.15, -0.1) is 0 Å². The Hall–Kier alpha value is -3.02. The third kappa shape index (κ3) is 3.99. The van der Waals surface area contributed by atoms with E-state index in [0.717, 1.165) is 29.8 Å². The van der Waals surface area contributed by atoms with Gasteiger partial charge >= 0.3 is 0 Å². The first-order valence-corrected chi connectivity index (χ1v) is 10.5. The zero-order chi connectivity index (χ0) is 21.3. The van der Waals surface area contributed by atoms with Gasteiger partial charge in [0.25, 0.3) is 5.91 Å². The Morgan fingerprint density at radius 3 is 2.37 bits per heavy atom. The standard InChI is InChI=1S/C24H29N3O3/c1-17(28)27-14-12-24(13-15-27)16-21(20-6-4-5-7-22(20)30-24)25-23(29)18-8-10-19(11-9-18)26(2)3/h4-11,21H,12-16H2,1-3H3,(H,25,29). The third-order valence-electron chi connectivity index (χ3n) is 6.27. The maximum atomic E-state index is 13.0. The molecule has 2 aliphatic rings. The van der Waals surface area contributed by atoms with E-state index in [-0.39, 0.29) is 23.5 Å². The van der Waals surface area contributed by atoms with Gasteiger partial charge in [-0.25, -0.2) is 0 Å². The van der Waals surface area contributed by atoms with Crippen LogP contribution in [0.3, 0.4) is 0 Å². The summed E-state index contributed by atoms with van der Waals surface area (Å²) in [6.45, 7) is 2.98. The van der Waals surface area contributed by atoms with Gasteiger partial charge in [0.1, 0.15) is 11.4 Å². The number of ether oxygens (including phenoxy) is 1. The van der Waals surface area contributed by atoms with Crippen LogP contribution in [0.15, 0.2) is 48.5 Å². The molecule has 1 unspecified atom stereocenters. The molecule has 0 aliphatic carbocycles. The molecule has 2 aliphatic heterocycles. The Kier molecular flexibility index (Phi) is 5.41. The second kappa shape index (κ2) is 8.01. The number of anilines is 1. The summed E-state index contributed by atoms with van der Waals surface area (Å²) in [6.07, 6.45) is 2.24. The number of hydrogen-bond acceptors (Lipinski definition) is 4. The van der Waals surface area contributed by atoms with Crippen molar-refractivity contribution < 1.29 is 14.3 Å². The van der Waals surface area contributed by atoms with E-state index < -0.39 is 0 Å². The smallest absolute Gasteiger partial charge is 0.251 e. The summed E-state index contributed by atoms with van der Waals surface area (Å²) in [6, 6.07) is 15.4. The van der Waals surface area contributed by atoms with Crippen LogP contribution in [0.25, 0.3) is 0 Å². The average molecular weight is 408 g/mol. The SMILES string of the molecule is CC(=O)N1CCC2(CC1)CC(NC(=O)c1ccc(N(C)C)cc1)c1ccccc1O2. The van der Waals surface area contributed by atoms with Crippen LogP contribution >= 0.6 is 0 Å². The molecule has 1 N–H and O–H groups in total. The number of nitrogens with zero attached hydrogens (tertiary/aromatic N) is 2. The molecule has 1 spiro atoms. The van der Waals surface area contributed by atoms with Crippen LogP contribution in [-0.4, -0.2) is 49.5 Å².